The molecular formula is C19H22N2O3S. The lowest BCUT2D eigenvalue weighted by atomic mass is 10.0. The summed E-state index contributed by atoms with van der Waals surface area (Å²) >= 11 is 1.50. The third-order valence-electron chi connectivity index (χ3n) is 3.87. The molecule has 1 atom stereocenters. The molecule has 2 aromatic rings. The number of carbonyl (C=O) groups excluding carboxylic acids is 1. The van der Waals surface area contributed by atoms with Crippen LogP contribution in [-0.4, -0.2) is 16.6 Å². The molecular weight excluding hydrogens is 336 g/mol. The largest absolute Gasteiger partial charge is 0.349 e. The summed E-state index contributed by atoms with van der Waals surface area (Å²) in [6, 6.07) is 14.6. The highest BCUT2D eigenvalue weighted by molar-refractivity contribution is 7.99. The van der Waals surface area contributed by atoms with Gasteiger partial charge in [-0.15, -0.1) is 11.8 Å². The quantitative estimate of drug-likeness (QED) is 0.560. The maximum absolute atomic E-state index is 12.2. The molecule has 1 amide bonds. The first-order chi connectivity index (χ1) is 12.0. The smallest absolute Gasteiger partial charge is 0.269 e. The van der Waals surface area contributed by atoms with Gasteiger partial charge in [0.15, 0.2) is 0 Å². The van der Waals surface area contributed by atoms with Crippen LogP contribution in [0.2, 0.25) is 0 Å². The number of aryl methyl sites for hydroxylation is 1. The molecule has 0 aliphatic carbocycles. The van der Waals surface area contributed by atoms with Crippen molar-refractivity contribution in [2.75, 3.05) is 5.75 Å². The van der Waals surface area contributed by atoms with Gasteiger partial charge in [-0.25, -0.2) is 0 Å². The van der Waals surface area contributed by atoms with Crippen LogP contribution in [0.3, 0.4) is 0 Å². The van der Waals surface area contributed by atoms with E-state index in [4.69, 9.17) is 0 Å². The van der Waals surface area contributed by atoms with Crippen LogP contribution in [0, 0.1) is 17.0 Å². The first-order valence-corrected chi connectivity index (χ1v) is 9.32. The number of nitro benzene ring substituents is 1. The van der Waals surface area contributed by atoms with Gasteiger partial charge in [0, 0.05) is 17.9 Å². The summed E-state index contributed by atoms with van der Waals surface area (Å²) in [5, 5.41) is 13.7. The molecule has 0 bridgehead atoms. The Hall–Kier alpha value is -2.34. The molecule has 0 saturated carbocycles. The fraction of sp³-hybridized carbons (Fsp3) is 0.316. The van der Waals surface area contributed by atoms with Crippen LogP contribution in [0.4, 0.5) is 5.69 Å². The predicted octanol–water partition coefficient (Wildman–Crippen LogP) is 4.40. The van der Waals surface area contributed by atoms with Crippen molar-refractivity contribution in [3.8, 4) is 0 Å². The van der Waals surface area contributed by atoms with E-state index >= 15 is 0 Å². The number of amides is 1. The van der Waals surface area contributed by atoms with Gasteiger partial charge >= 0.3 is 0 Å². The van der Waals surface area contributed by atoms with Gasteiger partial charge in [0.25, 0.3) is 5.69 Å². The second kappa shape index (κ2) is 9.22. The molecule has 0 fully saturated rings. The number of hydrogen-bond acceptors (Lipinski definition) is 4. The first-order valence-electron chi connectivity index (χ1n) is 8.16. The average Bonchev–Trinajstić information content (AvgIpc) is 2.61. The number of nitrogens with one attached hydrogen (secondary N) is 1. The van der Waals surface area contributed by atoms with Gasteiger partial charge in [-0.1, -0.05) is 48.9 Å². The van der Waals surface area contributed by atoms with Gasteiger partial charge < -0.3 is 5.32 Å². The first kappa shape index (κ1) is 19.0. The Kier molecular flexibility index (Phi) is 7.01. The average molecular weight is 358 g/mol. The normalized spacial score (nSPS) is 11.8. The number of hydrogen-bond donors (Lipinski definition) is 1. The molecule has 0 unspecified atom stereocenters. The van der Waals surface area contributed by atoms with E-state index in [-0.39, 0.29) is 17.6 Å². The number of carbonyl (C=O) groups is 1. The SMILES string of the molecule is CC[C@@H](NC(=O)CSCc1ccc([N+](=O)[O-])cc1)c1ccc(C)cc1. The van der Waals surface area contributed by atoms with Crippen LogP contribution in [0.25, 0.3) is 0 Å². The molecule has 2 aromatic carbocycles. The molecule has 0 saturated heterocycles. The summed E-state index contributed by atoms with van der Waals surface area (Å²) in [4.78, 5) is 22.4. The monoisotopic (exact) mass is 358 g/mol. The predicted molar refractivity (Wildman–Crippen MR) is 102 cm³/mol. The van der Waals surface area contributed by atoms with Gasteiger partial charge in [-0.3, -0.25) is 14.9 Å². The molecule has 0 aromatic heterocycles. The maximum Gasteiger partial charge on any atom is 0.269 e. The Bertz CT molecular complexity index is 714. The molecule has 2 rings (SSSR count). The highest BCUT2D eigenvalue weighted by Crippen LogP contribution is 2.19. The third-order valence-corrected chi connectivity index (χ3v) is 4.88. The van der Waals surface area contributed by atoms with Crippen molar-refractivity contribution in [3.05, 3.63) is 75.3 Å². The molecule has 0 aliphatic rings. The van der Waals surface area contributed by atoms with Gasteiger partial charge in [0.05, 0.1) is 16.7 Å². The zero-order chi connectivity index (χ0) is 18.2. The lowest BCUT2D eigenvalue weighted by molar-refractivity contribution is -0.384. The van der Waals surface area contributed by atoms with Crippen LogP contribution in [0.5, 0.6) is 0 Å². The maximum atomic E-state index is 12.2. The summed E-state index contributed by atoms with van der Waals surface area (Å²) in [5.74, 6) is 1.01. The van der Waals surface area contributed by atoms with Gasteiger partial charge in [0.2, 0.25) is 5.91 Å². The second-order valence-electron chi connectivity index (χ2n) is 5.86. The fourth-order valence-corrected chi connectivity index (χ4v) is 3.23. The minimum Gasteiger partial charge on any atom is -0.349 e. The van der Waals surface area contributed by atoms with E-state index in [1.165, 1.54) is 29.5 Å². The topological polar surface area (TPSA) is 72.2 Å². The minimum absolute atomic E-state index is 0.000614. The highest BCUT2D eigenvalue weighted by Gasteiger charge is 2.12. The summed E-state index contributed by atoms with van der Waals surface area (Å²) in [6.07, 6.45) is 0.835. The van der Waals surface area contributed by atoms with E-state index in [9.17, 15) is 14.9 Å². The Labute approximate surface area is 152 Å². The number of rotatable bonds is 8. The molecule has 6 heteroatoms. The Balaban J connectivity index is 1.81. The Morgan fingerprint density at radius 1 is 1.16 bits per heavy atom. The van der Waals surface area contributed by atoms with Gasteiger partial charge in [-0.2, -0.15) is 0 Å². The molecule has 0 heterocycles. The van der Waals surface area contributed by atoms with E-state index in [0.29, 0.717) is 11.5 Å². The van der Waals surface area contributed by atoms with Crippen molar-refractivity contribution in [3.63, 3.8) is 0 Å². The van der Waals surface area contributed by atoms with Crippen molar-refractivity contribution < 1.29 is 9.72 Å². The lowest BCUT2D eigenvalue weighted by Gasteiger charge is -2.17. The third kappa shape index (κ3) is 5.90. The van der Waals surface area contributed by atoms with Crippen LogP contribution in [0.1, 0.15) is 36.1 Å². The van der Waals surface area contributed by atoms with Crippen molar-refractivity contribution in [1.82, 2.24) is 5.32 Å². The Morgan fingerprint density at radius 3 is 2.36 bits per heavy atom. The summed E-state index contributed by atoms with van der Waals surface area (Å²) < 4.78 is 0. The van der Waals surface area contributed by atoms with E-state index in [2.05, 4.69) is 12.2 Å². The zero-order valence-corrected chi connectivity index (χ0v) is 15.2. The minimum atomic E-state index is -0.416. The number of benzene rings is 2. The van der Waals surface area contributed by atoms with E-state index < -0.39 is 4.92 Å². The number of non-ortho nitro benzene ring substituents is 1. The van der Waals surface area contributed by atoms with Crippen molar-refractivity contribution >= 4 is 23.4 Å². The van der Waals surface area contributed by atoms with E-state index in [1.54, 1.807) is 12.1 Å². The van der Waals surface area contributed by atoms with Crippen molar-refractivity contribution in [2.45, 2.75) is 32.1 Å². The summed E-state index contributed by atoms with van der Waals surface area (Å²) in [6.45, 7) is 4.09. The standard InChI is InChI=1S/C19H22N2O3S/c1-3-18(16-8-4-14(2)5-9-16)20-19(22)13-25-12-15-6-10-17(11-7-15)21(23)24/h4-11,18H,3,12-13H2,1-2H3,(H,20,22)/t18-/m1/s1. The van der Waals surface area contributed by atoms with Crippen molar-refractivity contribution in [1.29, 1.82) is 0 Å². The van der Waals surface area contributed by atoms with Crippen molar-refractivity contribution in [2.24, 2.45) is 0 Å². The number of nitrogens with zero attached hydrogens (tertiary/aromatic N) is 1. The second-order valence-corrected chi connectivity index (χ2v) is 6.84. The van der Waals surface area contributed by atoms with E-state index in [0.717, 1.165) is 17.5 Å². The molecule has 1 N–H and O–H groups in total. The van der Waals surface area contributed by atoms with E-state index in [1.807, 2.05) is 31.2 Å². The molecule has 0 radical (unpaired) electrons. The molecule has 25 heavy (non-hydrogen) atoms. The van der Waals surface area contributed by atoms with Gasteiger partial charge in [-0.05, 0) is 24.5 Å². The molecule has 5 nitrogen and oxygen atoms in total. The summed E-state index contributed by atoms with van der Waals surface area (Å²) in [5.41, 5.74) is 3.36. The number of nitro groups is 1. The van der Waals surface area contributed by atoms with Gasteiger partial charge in [0.1, 0.15) is 0 Å². The van der Waals surface area contributed by atoms with Crippen LogP contribution < -0.4 is 5.32 Å². The van der Waals surface area contributed by atoms with Crippen LogP contribution >= 0.6 is 11.8 Å². The molecule has 0 spiro atoms. The highest BCUT2D eigenvalue weighted by atomic mass is 32.2. The number of thioether (sulfide) groups is 1. The molecule has 0 aliphatic heterocycles. The lowest BCUT2D eigenvalue weighted by Crippen LogP contribution is -2.29. The zero-order valence-electron chi connectivity index (χ0n) is 14.4. The van der Waals surface area contributed by atoms with Crippen LogP contribution in [-0.2, 0) is 10.5 Å². The fourth-order valence-electron chi connectivity index (χ4n) is 2.43. The Morgan fingerprint density at radius 2 is 1.80 bits per heavy atom. The summed E-state index contributed by atoms with van der Waals surface area (Å²) in [7, 11) is 0. The van der Waals surface area contributed by atoms with Crippen LogP contribution in [0.15, 0.2) is 48.5 Å². The molecule has 132 valence electrons.